The number of hydrogen-bond donors (Lipinski definition) is 2. The van der Waals surface area contributed by atoms with Gasteiger partial charge in [0.2, 0.25) is 0 Å². The van der Waals surface area contributed by atoms with Crippen molar-refractivity contribution in [2.24, 2.45) is 0 Å². The monoisotopic (exact) mass is 296 g/mol. The fraction of sp³-hybridized carbons (Fsp3) is 0.400. The Hall–Kier alpha value is -1.96. The molecule has 1 aliphatic carbocycles. The van der Waals surface area contributed by atoms with Gasteiger partial charge in [0.25, 0.3) is 0 Å². The molecule has 0 saturated heterocycles. The molecule has 1 unspecified atom stereocenters. The molecule has 0 aliphatic heterocycles. The molecule has 0 amide bonds. The van der Waals surface area contributed by atoms with Gasteiger partial charge in [0.1, 0.15) is 0 Å². The minimum absolute atomic E-state index is 0.0282. The zero-order valence-corrected chi connectivity index (χ0v) is 13.4. The third-order valence-electron chi connectivity index (χ3n) is 4.74. The molecule has 0 heterocycles. The topological polar surface area (TPSA) is 40.5 Å². The lowest BCUT2D eigenvalue weighted by Crippen LogP contribution is -2.14. The Balaban J connectivity index is 2.25. The molecular weight excluding hydrogens is 272 g/mol. The van der Waals surface area contributed by atoms with Gasteiger partial charge in [0.05, 0.1) is 0 Å². The molecule has 116 valence electrons. The Kier molecular flexibility index (Phi) is 4.10. The van der Waals surface area contributed by atoms with Crippen LogP contribution in [0.5, 0.6) is 11.5 Å². The minimum Gasteiger partial charge on any atom is -0.504 e. The van der Waals surface area contributed by atoms with Crippen molar-refractivity contribution in [3.05, 3.63) is 47.0 Å². The van der Waals surface area contributed by atoms with Crippen LogP contribution in [0.1, 0.15) is 55.7 Å². The van der Waals surface area contributed by atoms with Gasteiger partial charge in [-0.15, -0.1) is 0 Å². The van der Waals surface area contributed by atoms with E-state index in [0.717, 1.165) is 48.8 Å². The van der Waals surface area contributed by atoms with Gasteiger partial charge < -0.3 is 10.2 Å². The Bertz CT molecular complexity index is 688. The number of phenols is 2. The van der Waals surface area contributed by atoms with Crippen molar-refractivity contribution in [2.45, 2.75) is 51.9 Å². The standard InChI is InChI=1S/C20H24O2/c1-3-6-13-8-5-9-16-18(13)14(7-4-2)12-15-10-11-17(21)20(22)19(15)16/h5,8-11,14,21-22H,3-4,6-7,12H2,1-2H3. The first-order valence-electron chi connectivity index (χ1n) is 8.33. The Morgan fingerprint density at radius 3 is 2.59 bits per heavy atom. The second-order valence-corrected chi connectivity index (χ2v) is 6.29. The van der Waals surface area contributed by atoms with Crippen molar-refractivity contribution >= 4 is 0 Å². The fourth-order valence-corrected chi connectivity index (χ4v) is 3.86. The number of aryl methyl sites for hydroxylation is 1. The first kappa shape index (κ1) is 15.0. The number of benzene rings is 2. The van der Waals surface area contributed by atoms with Crippen molar-refractivity contribution in [2.75, 3.05) is 0 Å². The average Bonchev–Trinajstić information content (AvgIpc) is 2.51. The van der Waals surface area contributed by atoms with Crippen molar-refractivity contribution < 1.29 is 10.2 Å². The van der Waals surface area contributed by atoms with E-state index >= 15 is 0 Å². The highest BCUT2D eigenvalue weighted by Gasteiger charge is 2.29. The van der Waals surface area contributed by atoms with Crippen LogP contribution in [-0.2, 0) is 12.8 Å². The molecule has 2 N–H and O–H groups in total. The van der Waals surface area contributed by atoms with E-state index in [9.17, 15) is 10.2 Å². The molecule has 1 atom stereocenters. The van der Waals surface area contributed by atoms with Crippen LogP contribution < -0.4 is 0 Å². The molecule has 0 aromatic heterocycles. The molecule has 0 saturated carbocycles. The number of aromatic hydroxyl groups is 2. The van der Waals surface area contributed by atoms with Crippen LogP contribution in [0, 0.1) is 0 Å². The van der Waals surface area contributed by atoms with Gasteiger partial charge in [0, 0.05) is 5.56 Å². The van der Waals surface area contributed by atoms with E-state index in [1.165, 1.54) is 11.1 Å². The lowest BCUT2D eigenvalue weighted by molar-refractivity contribution is 0.404. The van der Waals surface area contributed by atoms with Gasteiger partial charge in [-0.05, 0) is 53.5 Å². The van der Waals surface area contributed by atoms with E-state index in [0.29, 0.717) is 5.92 Å². The highest BCUT2D eigenvalue weighted by atomic mass is 16.3. The third kappa shape index (κ3) is 2.37. The van der Waals surface area contributed by atoms with Crippen LogP contribution in [0.2, 0.25) is 0 Å². The Labute approximate surface area is 132 Å². The van der Waals surface area contributed by atoms with Crippen LogP contribution in [0.4, 0.5) is 0 Å². The Morgan fingerprint density at radius 2 is 1.86 bits per heavy atom. The summed E-state index contributed by atoms with van der Waals surface area (Å²) in [7, 11) is 0. The van der Waals surface area contributed by atoms with E-state index in [-0.39, 0.29) is 11.5 Å². The molecule has 2 aromatic carbocycles. The molecule has 0 fully saturated rings. The van der Waals surface area contributed by atoms with Gasteiger partial charge in [0.15, 0.2) is 11.5 Å². The summed E-state index contributed by atoms with van der Waals surface area (Å²) in [5.41, 5.74) is 5.88. The first-order valence-corrected chi connectivity index (χ1v) is 8.33. The van der Waals surface area contributed by atoms with Crippen molar-refractivity contribution in [3.8, 4) is 22.6 Å². The van der Waals surface area contributed by atoms with Crippen LogP contribution in [-0.4, -0.2) is 10.2 Å². The quantitative estimate of drug-likeness (QED) is 0.765. The van der Waals surface area contributed by atoms with E-state index in [1.54, 1.807) is 6.07 Å². The number of phenolic OH excluding ortho intramolecular Hbond substituents is 2. The van der Waals surface area contributed by atoms with Crippen LogP contribution >= 0.6 is 0 Å². The highest BCUT2D eigenvalue weighted by molar-refractivity contribution is 5.82. The molecule has 0 bridgehead atoms. The predicted molar refractivity (Wildman–Crippen MR) is 90.6 cm³/mol. The SMILES string of the molecule is CCCc1cccc2c1C(CCC)Cc1ccc(O)c(O)c1-2. The first-order chi connectivity index (χ1) is 10.7. The van der Waals surface area contributed by atoms with E-state index in [4.69, 9.17) is 0 Å². The van der Waals surface area contributed by atoms with E-state index in [1.807, 2.05) is 6.07 Å². The van der Waals surface area contributed by atoms with Gasteiger partial charge in [-0.3, -0.25) is 0 Å². The second-order valence-electron chi connectivity index (χ2n) is 6.29. The smallest absolute Gasteiger partial charge is 0.165 e. The van der Waals surface area contributed by atoms with Gasteiger partial charge in [-0.2, -0.15) is 0 Å². The largest absolute Gasteiger partial charge is 0.504 e. The lowest BCUT2D eigenvalue weighted by Gasteiger charge is -2.30. The molecule has 2 nitrogen and oxygen atoms in total. The summed E-state index contributed by atoms with van der Waals surface area (Å²) in [6.07, 6.45) is 5.45. The number of hydrogen-bond acceptors (Lipinski definition) is 2. The molecule has 0 radical (unpaired) electrons. The third-order valence-corrected chi connectivity index (χ3v) is 4.74. The molecule has 22 heavy (non-hydrogen) atoms. The summed E-state index contributed by atoms with van der Waals surface area (Å²) < 4.78 is 0. The lowest BCUT2D eigenvalue weighted by atomic mass is 9.74. The normalized spacial score (nSPS) is 16.2. The van der Waals surface area contributed by atoms with Crippen LogP contribution in [0.25, 0.3) is 11.1 Å². The van der Waals surface area contributed by atoms with Gasteiger partial charge in [-0.25, -0.2) is 0 Å². The molecular formula is C20H24O2. The summed E-state index contributed by atoms with van der Waals surface area (Å²) in [6.45, 7) is 4.43. The summed E-state index contributed by atoms with van der Waals surface area (Å²) in [6, 6.07) is 9.95. The van der Waals surface area contributed by atoms with Crippen molar-refractivity contribution in [3.63, 3.8) is 0 Å². The molecule has 3 rings (SSSR count). The zero-order chi connectivity index (χ0) is 15.7. The van der Waals surface area contributed by atoms with Crippen molar-refractivity contribution in [1.82, 2.24) is 0 Å². The predicted octanol–water partition coefficient (Wildman–Crippen LogP) is 5.16. The minimum atomic E-state index is -0.0282. The summed E-state index contributed by atoms with van der Waals surface area (Å²) in [4.78, 5) is 0. The van der Waals surface area contributed by atoms with Gasteiger partial charge in [-0.1, -0.05) is 51.0 Å². The second kappa shape index (κ2) is 6.04. The van der Waals surface area contributed by atoms with Crippen LogP contribution in [0.3, 0.4) is 0 Å². The van der Waals surface area contributed by atoms with Crippen molar-refractivity contribution in [1.29, 1.82) is 0 Å². The maximum atomic E-state index is 10.4. The summed E-state index contributed by atoms with van der Waals surface area (Å²) in [5, 5.41) is 20.3. The summed E-state index contributed by atoms with van der Waals surface area (Å²) in [5.74, 6) is 0.515. The molecule has 2 heteroatoms. The number of fused-ring (bicyclic) bond motifs is 3. The maximum absolute atomic E-state index is 10.4. The highest BCUT2D eigenvalue weighted by Crippen LogP contribution is 2.49. The van der Waals surface area contributed by atoms with E-state index in [2.05, 4.69) is 32.0 Å². The molecule has 1 aliphatic rings. The van der Waals surface area contributed by atoms with Crippen LogP contribution in [0.15, 0.2) is 30.3 Å². The van der Waals surface area contributed by atoms with E-state index < -0.39 is 0 Å². The Morgan fingerprint density at radius 1 is 1.05 bits per heavy atom. The fourth-order valence-electron chi connectivity index (χ4n) is 3.86. The zero-order valence-electron chi connectivity index (χ0n) is 13.4. The molecule has 2 aromatic rings. The average molecular weight is 296 g/mol. The maximum Gasteiger partial charge on any atom is 0.165 e. The summed E-state index contributed by atoms with van der Waals surface area (Å²) >= 11 is 0. The molecule has 0 spiro atoms. The van der Waals surface area contributed by atoms with Gasteiger partial charge >= 0.3 is 0 Å². The number of rotatable bonds is 4.